The molecule has 2 nitrogen and oxygen atoms in total. The molecule has 1 aliphatic rings. The Labute approximate surface area is 109 Å². The van der Waals surface area contributed by atoms with Crippen molar-refractivity contribution in [3.63, 3.8) is 0 Å². The molecule has 1 unspecified atom stereocenters. The molecule has 0 aliphatic heterocycles. The third-order valence-corrected chi connectivity index (χ3v) is 4.51. The van der Waals surface area contributed by atoms with E-state index in [1.54, 1.807) is 0 Å². The van der Waals surface area contributed by atoms with E-state index in [4.69, 9.17) is 5.11 Å². The van der Waals surface area contributed by atoms with Gasteiger partial charge in [-0.2, -0.15) is 0 Å². The van der Waals surface area contributed by atoms with Crippen molar-refractivity contribution in [2.75, 3.05) is 0 Å². The predicted molar refractivity (Wildman–Crippen MR) is 73.1 cm³/mol. The molecule has 2 heteroatoms. The summed E-state index contributed by atoms with van der Waals surface area (Å²) in [6.45, 7) is 8.54. The van der Waals surface area contributed by atoms with Crippen LogP contribution >= 0.6 is 0 Å². The molecular weight excluding hydrogens is 224 g/mol. The van der Waals surface area contributed by atoms with Crippen LogP contribution in [0.4, 0.5) is 0 Å². The molecule has 2 rings (SSSR count). The highest BCUT2D eigenvalue weighted by Gasteiger charge is 2.34. The van der Waals surface area contributed by atoms with Gasteiger partial charge in [-0.25, -0.2) is 0 Å². The number of hydrogen-bond donors (Lipinski definition) is 1. The zero-order valence-corrected chi connectivity index (χ0v) is 11.7. The van der Waals surface area contributed by atoms with E-state index in [0.717, 1.165) is 0 Å². The molecule has 0 aromatic heterocycles. The number of carbonyl (C=O) groups is 1. The number of carboxylic acids is 1. The van der Waals surface area contributed by atoms with Gasteiger partial charge in [-0.15, -0.1) is 0 Å². The first-order valence-corrected chi connectivity index (χ1v) is 6.71. The smallest absolute Gasteiger partial charge is 0.303 e. The van der Waals surface area contributed by atoms with Crippen molar-refractivity contribution in [2.45, 2.75) is 52.9 Å². The molecule has 0 heterocycles. The van der Waals surface area contributed by atoms with Gasteiger partial charge in [-0.3, -0.25) is 4.79 Å². The monoisotopic (exact) mass is 246 g/mol. The van der Waals surface area contributed by atoms with E-state index < -0.39 is 5.97 Å². The average molecular weight is 246 g/mol. The Bertz CT molecular complexity index is 484. The number of carboxylic acid groups (broad SMARTS) is 1. The van der Waals surface area contributed by atoms with Gasteiger partial charge < -0.3 is 5.11 Å². The standard InChI is InChI=1S/C16H22O2/c1-9-7-14(12(4)11(3)10(9)2)15(8-16(17)18)13-5-6-13/h7,13,15H,5-6,8H2,1-4H3,(H,17,18). The van der Waals surface area contributed by atoms with Crippen molar-refractivity contribution >= 4 is 5.97 Å². The van der Waals surface area contributed by atoms with Gasteiger partial charge in [0.2, 0.25) is 0 Å². The molecule has 1 aromatic rings. The lowest BCUT2D eigenvalue weighted by Crippen LogP contribution is -2.11. The van der Waals surface area contributed by atoms with Gasteiger partial charge in [0.05, 0.1) is 6.42 Å². The first-order valence-electron chi connectivity index (χ1n) is 6.71. The first-order chi connectivity index (χ1) is 8.41. The Morgan fingerprint density at radius 2 is 1.83 bits per heavy atom. The van der Waals surface area contributed by atoms with Gasteiger partial charge in [-0.1, -0.05) is 6.07 Å². The SMILES string of the molecule is Cc1cc(C(CC(=O)O)C2CC2)c(C)c(C)c1C. The van der Waals surface area contributed by atoms with Crippen LogP contribution in [0.5, 0.6) is 0 Å². The number of aliphatic carboxylic acids is 1. The molecule has 1 aromatic carbocycles. The normalized spacial score (nSPS) is 16.7. The Morgan fingerprint density at radius 1 is 1.22 bits per heavy atom. The molecule has 98 valence electrons. The minimum atomic E-state index is -0.679. The highest BCUT2D eigenvalue weighted by atomic mass is 16.4. The van der Waals surface area contributed by atoms with Crippen LogP contribution in [0.1, 0.15) is 53.0 Å². The summed E-state index contributed by atoms with van der Waals surface area (Å²) in [5.74, 6) is 0.115. The lowest BCUT2D eigenvalue weighted by Gasteiger charge is -2.21. The molecule has 1 saturated carbocycles. The summed E-state index contributed by atoms with van der Waals surface area (Å²) in [5, 5.41) is 9.11. The van der Waals surface area contributed by atoms with Crippen LogP contribution in [-0.4, -0.2) is 11.1 Å². The average Bonchev–Trinajstić information content (AvgIpc) is 3.12. The quantitative estimate of drug-likeness (QED) is 0.875. The van der Waals surface area contributed by atoms with E-state index in [0.29, 0.717) is 5.92 Å². The molecule has 1 N–H and O–H groups in total. The molecule has 1 atom stereocenters. The third-order valence-electron chi connectivity index (χ3n) is 4.51. The van der Waals surface area contributed by atoms with Gasteiger partial charge in [-0.05, 0) is 80.2 Å². The van der Waals surface area contributed by atoms with Crippen LogP contribution in [0.3, 0.4) is 0 Å². The summed E-state index contributed by atoms with van der Waals surface area (Å²) in [5.41, 5.74) is 6.49. The number of rotatable bonds is 4. The Morgan fingerprint density at radius 3 is 2.33 bits per heavy atom. The highest BCUT2D eigenvalue weighted by Crippen LogP contribution is 2.46. The fourth-order valence-corrected chi connectivity index (χ4v) is 2.85. The van der Waals surface area contributed by atoms with Crippen LogP contribution in [0, 0.1) is 33.6 Å². The van der Waals surface area contributed by atoms with Gasteiger partial charge in [0.1, 0.15) is 0 Å². The summed E-state index contributed by atoms with van der Waals surface area (Å²) >= 11 is 0. The zero-order chi connectivity index (χ0) is 13.4. The van der Waals surface area contributed by atoms with E-state index in [-0.39, 0.29) is 12.3 Å². The summed E-state index contributed by atoms with van der Waals surface area (Å²) in [4.78, 5) is 11.1. The van der Waals surface area contributed by atoms with Crippen LogP contribution < -0.4 is 0 Å². The summed E-state index contributed by atoms with van der Waals surface area (Å²) in [6.07, 6.45) is 2.64. The summed E-state index contributed by atoms with van der Waals surface area (Å²) in [6, 6.07) is 2.21. The van der Waals surface area contributed by atoms with E-state index in [1.807, 2.05) is 0 Å². The van der Waals surface area contributed by atoms with Crippen molar-refractivity contribution in [1.82, 2.24) is 0 Å². The van der Waals surface area contributed by atoms with E-state index in [2.05, 4.69) is 33.8 Å². The van der Waals surface area contributed by atoms with Crippen molar-refractivity contribution in [2.24, 2.45) is 5.92 Å². The number of hydrogen-bond acceptors (Lipinski definition) is 1. The minimum Gasteiger partial charge on any atom is -0.481 e. The molecule has 0 amide bonds. The second kappa shape index (κ2) is 4.75. The van der Waals surface area contributed by atoms with E-state index >= 15 is 0 Å². The number of benzene rings is 1. The third kappa shape index (κ3) is 2.43. The van der Waals surface area contributed by atoms with Gasteiger partial charge in [0.25, 0.3) is 0 Å². The Hall–Kier alpha value is -1.31. The maximum absolute atomic E-state index is 11.1. The molecule has 18 heavy (non-hydrogen) atoms. The van der Waals surface area contributed by atoms with Crippen LogP contribution in [0.25, 0.3) is 0 Å². The predicted octanol–water partition coefficient (Wildman–Crippen LogP) is 3.89. The van der Waals surface area contributed by atoms with Gasteiger partial charge in [0.15, 0.2) is 0 Å². The maximum Gasteiger partial charge on any atom is 0.303 e. The topological polar surface area (TPSA) is 37.3 Å². The molecular formula is C16H22O2. The largest absolute Gasteiger partial charge is 0.481 e. The molecule has 0 bridgehead atoms. The lowest BCUT2D eigenvalue weighted by molar-refractivity contribution is -0.137. The number of aryl methyl sites for hydroxylation is 1. The molecule has 1 aliphatic carbocycles. The second-order valence-electron chi connectivity index (χ2n) is 5.70. The van der Waals surface area contributed by atoms with Crippen molar-refractivity contribution in [3.8, 4) is 0 Å². The summed E-state index contributed by atoms with van der Waals surface area (Å²) in [7, 11) is 0. The fraction of sp³-hybridized carbons (Fsp3) is 0.562. The summed E-state index contributed by atoms with van der Waals surface area (Å²) < 4.78 is 0. The highest BCUT2D eigenvalue weighted by molar-refractivity contribution is 5.68. The zero-order valence-electron chi connectivity index (χ0n) is 11.7. The Kier molecular flexibility index (Phi) is 3.47. The van der Waals surface area contributed by atoms with Crippen molar-refractivity contribution in [1.29, 1.82) is 0 Å². The van der Waals surface area contributed by atoms with Gasteiger partial charge >= 0.3 is 5.97 Å². The van der Waals surface area contributed by atoms with E-state index in [9.17, 15) is 4.79 Å². The fourth-order valence-electron chi connectivity index (χ4n) is 2.85. The maximum atomic E-state index is 11.1. The molecule has 0 radical (unpaired) electrons. The first kappa shape index (κ1) is 13.1. The molecule has 0 spiro atoms. The van der Waals surface area contributed by atoms with Crippen molar-refractivity contribution in [3.05, 3.63) is 33.9 Å². The van der Waals surface area contributed by atoms with Crippen LogP contribution in [-0.2, 0) is 4.79 Å². The minimum absolute atomic E-state index is 0.209. The van der Waals surface area contributed by atoms with Gasteiger partial charge in [0, 0.05) is 0 Å². The second-order valence-corrected chi connectivity index (χ2v) is 5.70. The van der Waals surface area contributed by atoms with E-state index in [1.165, 1.54) is 40.7 Å². The van der Waals surface area contributed by atoms with Crippen LogP contribution in [0.15, 0.2) is 6.07 Å². The molecule has 0 saturated heterocycles. The van der Waals surface area contributed by atoms with Crippen molar-refractivity contribution < 1.29 is 9.90 Å². The Balaban J connectivity index is 2.44. The lowest BCUT2D eigenvalue weighted by atomic mass is 9.83. The van der Waals surface area contributed by atoms with Crippen LogP contribution in [0.2, 0.25) is 0 Å². The molecule has 1 fully saturated rings.